The van der Waals surface area contributed by atoms with Crippen LogP contribution in [0.2, 0.25) is 0 Å². The monoisotopic (exact) mass is 444 g/mol. The van der Waals surface area contributed by atoms with Crippen molar-refractivity contribution < 1.29 is 0 Å². The molecule has 0 aromatic heterocycles. The molecule has 0 nitrogen and oxygen atoms in total. The van der Waals surface area contributed by atoms with E-state index in [1.165, 1.54) is 19.3 Å². The Morgan fingerprint density at radius 3 is 1.72 bits per heavy atom. The van der Waals surface area contributed by atoms with Gasteiger partial charge in [0.25, 0.3) is 0 Å². The van der Waals surface area contributed by atoms with Gasteiger partial charge in [-0.3, -0.25) is 0 Å². The molecule has 0 heteroatoms. The third-order valence-corrected chi connectivity index (χ3v) is 12.3. The minimum absolute atomic E-state index is 0.273. The van der Waals surface area contributed by atoms with Crippen LogP contribution in [0.3, 0.4) is 0 Å². The molecule has 2 rings (SSSR count). The van der Waals surface area contributed by atoms with Gasteiger partial charge < -0.3 is 0 Å². The van der Waals surface area contributed by atoms with Gasteiger partial charge >= 0.3 is 0 Å². The number of fused-ring (bicyclic) bond motifs is 2. The Bertz CT molecular complexity index is 697. The predicted molar refractivity (Wildman–Crippen MR) is 145 cm³/mol. The van der Waals surface area contributed by atoms with Crippen molar-refractivity contribution >= 4 is 0 Å². The lowest BCUT2D eigenvalue weighted by atomic mass is 9.46. The molecule has 0 heterocycles. The van der Waals surface area contributed by atoms with Gasteiger partial charge in [0.15, 0.2) is 0 Å². The average Bonchev–Trinajstić information content (AvgIpc) is 3.17. The molecule has 2 aliphatic carbocycles. The Kier molecular flexibility index (Phi) is 7.13. The smallest absolute Gasteiger partial charge is 0.0164 e. The topological polar surface area (TPSA) is 0 Å². The first-order chi connectivity index (χ1) is 14.0. The summed E-state index contributed by atoms with van der Waals surface area (Å²) in [5.41, 5.74) is 3.58. The van der Waals surface area contributed by atoms with E-state index in [-0.39, 0.29) is 16.2 Å². The maximum Gasteiger partial charge on any atom is -0.0164 e. The quantitative estimate of drug-likeness (QED) is 0.357. The van der Waals surface area contributed by atoms with E-state index in [1.807, 2.05) is 0 Å². The van der Waals surface area contributed by atoms with Crippen molar-refractivity contribution in [1.82, 2.24) is 0 Å². The lowest BCUT2D eigenvalue weighted by molar-refractivity contribution is -0.0937. The zero-order chi connectivity index (χ0) is 25.3. The highest BCUT2D eigenvalue weighted by molar-refractivity contribution is 5.24. The van der Waals surface area contributed by atoms with Gasteiger partial charge in [-0.25, -0.2) is 0 Å². The van der Waals surface area contributed by atoms with Crippen LogP contribution in [0.25, 0.3) is 0 Å². The molecule has 0 amide bonds. The van der Waals surface area contributed by atoms with Crippen LogP contribution in [0.1, 0.15) is 130 Å². The lowest BCUT2D eigenvalue weighted by Gasteiger charge is -2.58. The first-order valence-corrected chi connectivity index (χ1v) is 13.7. The molecule has 0 aliphatic heterocycles. The van der Waals surface area contributed by atoms with E-state index in [0.29, 0.717) is 22.2 Å². The third kappa shape index (κ3) is 4.28. The molecule has 5 unspecified atom stereocenters. The summed E-state index contributed by atoms with van der Waals surface area (Å²) in [5.74, 6) is 3.97. The van der Waals surface area contributed by atoms with Gasteiger partial charge in [-0.05, 0) is 88.3 Å². The number of hydrogen-bond donors (Lipinski definition) is 0. The molecule has 5 atom stereocenters. The maximum atomic E-state index is 2.64. The van der Waals surface area contributed by atoms with E-state index in [4.69, 9.17) is 0 Å². The minimum atomic E-state index is 0.273. The SMILES string of the molecule is C/C=C1/CC2CC1C(C(C)(C)C)C2C(C)(C)C(C)(C)C(C)CC(C)(C)C(C)(C)C(C)(C)C. The van der Waals surface area contributed by atoms with Crippen LogP contribution in [0.15, 0.2) is 11.6 Å². The second kappa shape index (κ2) is 8.16. The van der Waals surface area contributed by atoms with E-state index in [2.05, 4.69) is 117 Å². The average molecular weight is 445 g/mol. The van der Waals surface area contributed by atoms with Gasteiger partial charge in [0.1, 0.15) is 0 Å². The first kappa shape index (κ1) is 28.0. The highest BCUT2D eigenvalue weighted by Crippen LogP contribution is 2.69. The van der Waals surface area contributed by atoms with Gasteiger partial charge in [-0.1, -0.05) is 116 Å². The summed E-state index contributed by atoms with van der Waals surface area (Å²) in [5, 5.41) is 0. The lowest BCUT2D eigenvalue weighted by Crippen LogP contribution is -2.52. The molecular formula is C32H60. The van der Waals surface area contributed by atoms with Crippen LogP contribution in [-0.4, -0.2) is 0 Å². The molecule has 32 heavy (non-hydrogen) atoms. The molecule has 0 saturated heterocycles. The highest BCUT2D eigenvalue weighted by Gasteiger charge is 2.61. The van der Waals surface area contributed by atoms with Crippen LogP contribution in [0.4, 0.5) is 0 Å². The largest absolute Gasteiger partial charge is 0.0882 e. The Morgan fingerprint density at radius 1 is 0.812 bits per heavy atom. The van der Waals surface area contributed by atoms with E-state index in [9.17, 15) is 0 Å². The second-order valence-corrected chi connectivity index (χ2v) is 16.4. The van der Waals surface area contributed by atoms with Gasteiger partial charge in [0.2, 0.25) is 0 Å². The van der Waals surface area contributed by atoms with E-state index in [1.54, 1.807) is 5.57 Å². The second-order valence-electron chi connectivity index (χ2n) is 16.4. The van der Waals surface area contributed by atoms with Crippen molar-refractivity contribution in [2.75, 3.05) is 0 Å². The molecule has 0 spiro atoms. The Morgan fingerprint density at radius 2 is 1.31 bits per heavy atom. The third-order valence-electron chi connectivity index (χ3n) is 12.3. The van der Waals surface area contributed by atoms with Gasteiger partial charge in [0.05, 0.1) is 0 Å². The van der Waals surface area contributed by atoms with E-state index >= 15 is 0 Å². The summed E-state index contributed by atoms with van der Waals surface area (Å²) in [6.45, 7) is 40.3. The fraction of sp³-hybridized carbons (Fsp3) is 0.938. The number of hydrogen-bond acceptors (Lipinski definition) is 0. The Hall–Kier alpha value is -0.260. The van der Waals surface area contributed by atoms with Crippen molar-refractivity contribution in [3.63, 3.8) is 0 Å². The molecule has 0 N–H and O–H groups in total. The van der Waals surface area contributed by atoms with Crippen LogP contribution in [-0.2, 0) is 0 Å². The zero-order valence-electron chi connectivity index (χ0n) is 25.1. The summed E-state index contributed by atoms with van der Waals surface area (Å²) in [7, 11) is 0. The molecule has 2 aliphatic rings. The van der Waals surface area contributed by atoms with Crippen molar-refractivity contribution in [1.29, 1.82) is 0 Å². The highest BCUT2D eigenvalue weighted by atomic mass is 14.7. The number of allylic oxidation sites excluding steroid dienone is 2. The summed E-state index contributed by atoms with van der Waals surface area (Å²) < 4.78 is 0. The van der Waals surface area contributed by atoms with Gasteiger partial charge in [-0.15, -0.1) is 0 Å². The van der Waals surface area contributed by atoms with E-state index < -0.39 is 0 Å². The molecule has 2 fully saturated rings. The van der Waals surface area contributed by atoms with Crippen molar-refractivity contribution in [3.8, 4) is 0 Å². The van der Waals surface area contributed by atoms with Crippen molar-refractivity contribution in [2.24, 2.45) is 62.1 Å². The van der Waals surface area contributed by atoms with Crippen LogP contribution < -0.4 is 0 Å². The molecule has 0 aromatic carbocycles. The van der Waals surface area contributed by atoms with Crippen LogP contribution in [0.5, 0.6) is 0 Å². The summed E-state index contributed by atoms with van der Waals surface area (Å²) >= 11 is 0. The van der Waals surface area contributed by atoms with Crippen molar-refractivity contribution in [3.05, 3.63) is 11.6 Å². The summed E-state index contributed by atoms with van der Waals surface area (Å²) in [4.78, 5) is 0. The van der Waals surface area contributed by atoms with E-state index in [0.717, 1.165) is 23.7 Å². The zero-order valence-corrected chi connectivity index (χ0v) is 25.1. The first-order valence-electron chi connectivity index (χ1n) is 13.7. The molecule has 0 radical (unpaired) electrons. The molecule has 188 valence electrons. The van der Waals surface area contributed by atoms with Crippen molar-refractivity contribution in [2.45, 2.75) is 130 Å². The van der Waals surface area contributed by atoms with Crippen LogP contribution in [0, 0.1) is 62.1 Å². The Balaban J connectivity index is 2.40. The fourth-order valence-electron chi connectivity index (χ4n) is 8.08. The number of rotatable bonds is 6. The normalized spacial score (nSPS) is 30.3. The van der Waals surface area contributed by atoms with Gasteiger partial charge in [-0.2, -0.15) is 0 Å². The summed E-state index contributed by atoms with van der Waals surface area (Å²) in [6, 6.07) is 0. The minimum Gasteiger partial charge on any atom is -0.0882 e. The maximum absolute atomic E-state index is 2.64. The van der Waals surface area contributed by atoms with Gasteiger partial charge in [0, 0.05) is 0 Å². The fourth-order valence-corrected chi connectivity index (χ4v) is 8.08. The molecule has 0 aromatic rings. The summed E-state index contributed by atoms with van der Waals surface area (Å²) in [6.07, 6.45) is 6.53. The predicted octanol–water partition coefficient (Wildman–Crippen LogP) is 10.4. The standard InChI is InChI=1S/C32H60/c1-17-22-18-23-19-24(22)26(27(3,4)5)25(23)31(13,14)30(11,12)21(2)20-29(9,10)32(15,16)28(6,7)8/h17,21,23-26H,18-20H2,1-16H3/b22-17-. The molecule has 2 bridgehead atoms. The molecule has 2 saturated carbocycles. The molecular weight excluding hydrogens is 384 g/mol. The Labute approximate surface area is 203 Å². The van der Waals surface area contributed by atoms with Crippen LogP contribution >= 0.6 is 0 Å².